The van der Waals surface area contributed by atoms with E-state index in [0.29, 0.717) is 13.0 Å². The molecule has 0 saturated carbocycles. The van der Waals surface area contributed by atoms with E-state index in [4.69, 9.17) is 5.73 Å². The molecule has 0 aliphatic carbocycles. The molecule has 3 atom stereocenters. The summed E-state index contributed by atoms with van der Waals surface area (Å²) in [5.74, 6) is -0.453. The maximum Gasteiger partial charge on any atom is 0.243 e. The van der Waals surface area contributed by atoms with Gasteiger partial charge in [-0.3, -0.25) is 9.59 Å². The number of rotatable bonds is 9. The summed E-state index contributed by atoms with van der Waals surface area (Å²) in [7, 11) is 0. The van der Waals surface area contributed by atoms with Crippen LogP contribution in [-0.2, 0) is 22.6 Å². The molecule has 6 nitrogen and oxygen atoms in total. The standard InChI is InChI=1S/C22H29N3O3.ClH/c1-3-15(2)20(22(28)24-14-17-7-5-4-6-8-17)25-21(27)19(23)13-16-9-11-18(26)12-10-16;/h4-12,15,19-20,26H,3,13-14,23H2,1-2H3,(H,24,28)(H,25,27);1H/t15-,19-,20-;/m0./s1. The molecule has 0 aliphatic rings. The lowest BCUT2D eigenvalue weighted by Crippen LogP contribution is -2.54. The van der Waals surface area contributed by atoms with Crippen molar-refractivity contribution in [3.8, 4) is 5.75 Å². The average Bonchev–Trinajstić information content (AvgIpc) is 2.71. The maximum atomic E-state index is 12.7. The highest BCUT2D eigenvalue weighted by Gasteiger charge is 2.27. The Hall–Kier alpha value is -2.57. The molecule has 0 aromatic heterocycles. The van der Waals surface area contributed by atoms with E-state index in [2.05, 4.69) is 10.6 Å². The van der Waals surface area contributed by atoms with Crippen LogP contribution in [0.15, 0.2) is 54.6 Å². The highest BCUT2D eigenvalue weighted by Crippen LogP contribution is 2.12. The molecule has 0 fully saturated rings. The number of nitrogens with one attached hydrogen (secondary N) is 2. The molecule has 0 aliphatic heterocycles. The van der Waals surface area contributed by atoms with Gasteiger partial charge in [0.25, 0.3) is 0 Å². The minimum atomic E-state index is -0.780. The van der Waals surface area contributed by atoms with Gasteiger partial charge in [0.05, 0.1) is 6.04 Å². The van der Waals surface area contributed by atoms with E-state index in [1.54, 1.807) is 24.3 Å². The molecule has 5 N–H and O–H groups in total. The predicted octanol–water partition coefficient (Wildman–Crippen LogP) is 2.53. The van der Waals surface area contributed by atoms with E-state index in [-0.39, 0.29) is 35.9 Å². The second-order valence-electron chi connectivity index (χ2n) is 7.05. The number of nitrogens with two attached hydrogens (primary N) is 1. The van der Waals surface area contributed by atoms with Gasteiger partial charge in [-0.25, -0.2) is 0 Å². The lowest BCUT2D eigenvalue weighted by atomic mass is 9.97. The first-order chi connectivity index (χ1) is 13.4. The minimum Gasteiger partial charge on any atom is -0.508 e. The van der Waals surface area contributed by atoms with Gasteiger partial charge in [0.1, 0.15) is 11.8 Å². The van der Waals surface area contributed by atoms with Crippen LogP contribution >= 0.6 is 12.4 Å². The quantitative estimate of drug-likeness (QED) is 0.501. The number of halogens is 1. The van der Waals surface area contributed by atoms with Crippen LogP contribution in [0.2, 0.25) is 0 Å². The highest BCUT2D eigenvalue weighted by atomic mass is 35.5. The first kappa shape index (κ1) is 24.5. The van der Waals surface area contributed by atoms with Gasteiger partial charge in [-0.1, -0.05) is 62.7 Å². The zero-order chi connectivity index (χ0) is 20.5. The Balaban J connectivity index is 0.00000420. The van der Waals surface area contributed by atoms with Crippen molar-refractivity contribution in [2.24, 2.45) is 11.7 Å². The summed E-state index contributed by atoms with van der Waals surface area (Å²) in [5.41, 5.74) is 7.87. The van der Waals surface area contributed by atoms with Crippen LogP contribution in [0.3, 0.4) is 0 Å². The first-order valence-corrected chi connectivity index (χ1v) is 9.56. The maximum absolute atomic E-state index is 12.7. The van der Waals surface area contributed by atoms with Gasteiger partial charge in [-0.05, 0) is 35.6 Å². The Morgan fingerprint density at radius 3 is 2.21 bits per heavy atom. The Labute approximate surface area is 178 Å². The minimum absolute atomic E-state index is 0. The number of phenols is 1. The molecule has 7 heteroatoms. The van der Waals surface area contributed by atoms with Gasteiger partial charge in [-0.15, -0.1) is 12.4 Å². The molecule has 0 heterocycles. The van der Waals surface area contributed by atoms with Crippen molar-refractivity contribution in [3.05, 3.63) is 65.7 Å². The third kappa shape index (κ3) is 7.75. The predicted molar refractivity (Wildman–Crippen MR) is 117 cm³/mol. The van der Waals surface area contributed by atoms with E-state index >= 15 is 0 Å². The second kappa shape index (κ2) is 12.1. The molecule has 2 rings (SSSR count). The Morgan fingerprint density at radius 1 is 1.00 bits per heavy atom. The third-order valence-corrected chi connectivity index (χ3v) is 4.83. The summed E-state index contributed by atoms with van der Waals surface area (Å²) >= 11 is 0. The molecule has 2 amide bonds. The molecule has 2 aromatic carbocycles. The molecule has 0 radical (unpaired) electrons. The number of carbonyl (C=O) groups is 2. The van der Waals surface area contributed by atoms with Gasteiger partial charge < -0.3 is 21.5 Å². The normalized spacial score (nSPS) is 13.5. The fourth-order valence-corrected chi connectivity index (χ4v) is 2.84. The monoisotopic (exact) mass is 419 g/mol. The van der Waals surface area contributed by atoms with Crippen molar-refractivity contribution in [2.75, 3.05) is 0 Å². The van der Waals surface area contributed by atoms with Gasteiger partial charge in [0, 0.05) is 6.54 Å². The smallest absolute Gasteiger partial charge is 0.243 e. The van der Waals surface area contributed by atoms with Crippen molar-refractivity contribution in [1.82, 2.24) is 10.6 Å². The number of amides is 2. The molecule has 158 valence electrons. The largest absolute Gasteiger partial charge is 0.508 e. The lowest BCUT2D eigenvalue weighted by Gasteiger charge is -2.25. The second-order valence-corrected chi connectivity index (χ2v) is 7.05. The van der Waals surface area contributed by atoms with Crippen molar-refractivity contribution in [1.29, 1.82) is 0 Å². The molecule has 2 aromatic rings. The summed E-state index contributed by atoms with van der Waals surface area (Å²) in [6.07, 6.45) is 1.07. The van der Waals surface area contributed by atoms with Gasteiger partial charge in [-0.2, -0.15) is 0 Å². The average molecular weight is 420 g/mol. The van der Waals surface area contributed by atoms with E-state index in [1.165, 1.54) is 0 Å². The summed E-state index contributed by atoms with van der Waals surface area (Å²) < 4.78 is 0. The van der Waals surface area contributed by atoms with Crippen molar-refractivity contribution < 1.29 is 14.7 Å². The van der Waals surface area contributed by atoms with Crippen LogP contribution in [-0.4, -0.2) is 29.0 Å². The van der Waals surface area contributed by atoms with Crippen LogP contribution < -0.4 is 16.4 Å². The zero-order valence-electron chi connectivity index (χ0n) is 16.8. The number of carbonyl (C=O) groups excluding carboxylic acids is 2. The number of phenolic OH excluding ortho intramolecular Hbond substituents is 1. The Bertz CT molecular complexity index is 769. The number of hydrogen-bond acceptors (Lipinski definition) is 4. The van der Waals surface area contributed by atoms with Crippen LogP contribution in [0.5, 0.6) is 5.75 Å². The SMILES string of the molecule is CC[C@H](C)[C@H](NC(=O)[C@@H](N)Cc1ccc(O)cc1)C(=O)NCc1ccccc1.Cl. The number of benzene rings is 2. The molecule has 0 bridgehead atoms. The van der Waals surface area contributed by atoms with Gasteiger partial charge in [0.2, 0.25) is 11.8 Å². The van der Waals surface area contributed by atoms with E-state index in [1.807, 2.05) is 44.2 Å². The Kier molecular flexibility index (Phi) is 10.2. The molecule has 0 spiro atoms. The molecular weight excluding hydrogens is 390 g/mol. The van der Waals surface area contributed by atoms with Crippen molar-refractivity contribution >= 4 is 24.2 Å². The van der Waals surface area contributed by atoms with E-state index in [9.17, 15) is 14.7 Å². The van der Waals surface area contributed by atoms with Crippen LogP contribution in [0.1, 0.15) is 31.4 Å². The Morgan fingerprint density at radius 2 is 1.62 bits per heavy atom. The van der Waals surface area contributed by atoms with Crippen LogP contribution in [0.25, 0.3) is 0 Å². The summed E-state index contributed by atoms with van der Waals surface area (Å²) in [4.78, 5) is 25.2. The fraction of sp³-hybridized carbons (Fsp3) is 0.364. The first-order valence-electron chi connectivity index (χ1n) is 9.56. The van der Waals surface area contributed by atoms with Gasteiger partial charge >= 0.3 is 0 Å². The van der Waals surface area contributed by atoms with E-state index in [0.717, 1.165) is 17.5 Å². The zero-order valence-corrected chi connectivity index (χ0v) is 17.6. The molecule has 29 heavy (non-hydrogen) atoms. The van der Waals surface area contributed by atoms with Crippen molar-refractivity contribution in [3.63, 3.8) is 0 Å². The van der Waals surface area contributed by atoms with E-state index < -0.39 is 12.1 Å². The highest BCUT2D eigenvalue weighted by molar-refractivity contribution is 5.90. The molecule has 0 saturated heterocycles. The lowest BCUT2D eigenvalue weighted by molar-refractivity contribution is -0.130. The summed E-state index contributed by atoms with van der Waals surface area (Å²) in [6, 6.07) is 14.7. The topological polar surface area (TPSA) is 104 Å². The number of hydrogen-bond donors (Lipinski definition) is 4. The van der Waals surface area contributed by atoms with Crippen molar-refractivity contribution in [2.45, 2.75) is 45.3 Å². The third-order valence-electron chi connectivity index (χ3n) is 4.83. The fourth-order valence-electron chi connectivity index (χ4n) is 2.84. The van der Waals surface area contributed by atoms with Crippen LogP contribution in [0, 0.1) is 5.92 Å². The summed E-state index contributed by atoms with van der Waals surface area (Å²) in [5, 5.41) is 15.0. The van der Waals surface area contributed by atoms with Crippen LogP contribution in [0.4, 0.5) is 0 Å². The summed E-state index contributed by atoms with van der Waals surface area (Å²) in [6.45, 7) is 4.31. The van der Waals surface area contributed by atoms with Gasteiger partial charge in [0.15, 0.2) is 0 Å². The number of aromatic hydroxyl groups is 1. The molecule has 0 unspecified atom stereocenters. The molecular formula is C22H30ClN3O3.